The van der Waals surface area contributed by atoms with E-state index in [4.69, 9.17) is 5.11 Å². The Labute approximate surface area is 96.6 Å². The molecule has 5 nitrogen and oxygen atoms in total. The molecule has 94 valence electrons. The van der Waals surface area contributed by atoms with Crippen LogP contribution in [0.2, 0.25) is 0 Å². The number of aliphatic carboxylic acids is 1. The van der Waals surface area contributed by atoms with Crippen molar-refractivity contribution in [1.29, 1.82) is 0 Å². The highest BCUT2D eigenvalue weighted by Gasteiger charge is 2.20. The fourth-order valence-electron chi connectivity index (χ4n) is 1.32. The zero-order valence-electron chi connectivity index (χ0n) is 10.2. The lowest BCUT2D eigenvalue weighted by Gasteiger charge is -2.16. The molecule has 1 atom stereocenters. The summed E-state index contributed by atoms with van der Waals surface area (Å²) in [5, 5.41) is 14.3. The topological polar surface area (TPSA) is 78.4 Å². The van der Waals surface area contributed by atoms with Crippen molar-refractivity contribution in [2.45, 2.75) is 39.7 Å². The molecule has 0 unspecified atom stereocenters. The maximum atomic E-state index is 11.4. The Bertz CT molecular complexity index is 229. The van der Waals surface area contributed by atoms with Gasteiger partial charge in [0.2, 0.25) is 5.91 Å². The van der Waals surface area contributed by atoms with E-state index in [1.807, 2.05) is 20.8 Å². The molecule has 0 aromatic carbocycles. The van der Waals surface area contributed by atoms with Crippen LogP contribution in [-0.4, -0.2) is 36.1 Å². The van der Waals surface area contributed by atoms with Gasteiger partial charge in [0.25, 0.3) is 0 Å². The Kier molecular flexibility index (Phi) is 7.54. The normalized spacial score (nSPS) is 12.5. The molecule has 0 rings (SSSR count). The van der Waals surface area contributed by atoms with Gasteiger partial charge in [-0.15, -0.1) is 0 Å². The summed E-state index contributed by atoms with van der Waals surface area (Å²) in [6.07, 6.45) is 1.40. The van der Waals surface area contributed by atoms with Gasteiger partial charge in [0.15, 0.2) is 0 Å². The molecule has 0 aromatic heterocycles. The minimum atomic E-state index is -0.974. The first-order chi connectivity index (χ1) is 7.47. The largest absolute Gasteiger partial charge is 0.480 e. The van der Waals surface area contributed by atoms with Crippen molar-refractivity contribution in [3.63, 3.8) is 0 Å². The van der Waals surface area contributed by atoms with Crippen molar-refractivity contribution < 1.29 is 14.7 Å². The molecule has 16 heavy (non-hydrogen) atoms. The molecule has 0 aliphatic heterocycles. The van der Waals surface area contributed by atoms with Gasteiger partial charge < -0.3 is 15.7 Å². The molecule has 0 bridgehead atoms. The second-order valence-corrected chi connectivity index (χ2v) is 4.26. The van der Waals surface area contributed by atoms with Crippen LogP contribution in [0.1, 0.15) is 33.6 Å². The maximum absolute atomic E-state index is 11.4. The van der Waals surface area contributed by atoms with Crippen molar-refractivity contribution in [3.8, 4) is 0 Å². The smallest absolute Gasteiger partial charge is 0.326 e. The first-order valence-corrected chi connectivity index (χ1v) is 5.70. The van der Waals surface area contributed by atoms with E-state index in [9.17, 15) is 9.59 Å². The molecular formula is C11H22N2O3. The number of hydrogen-bond acceptors (Lipinski definition) is 3. The number of carbonyl (C=O) groups is 2. The zero-order chi connectivity index (χ0) is 12.6. The third kappa shape index (κ3) is 7.23. The fraction of sp³-hybridized carbons (Fsp3) is 0.818. The highest BCUT2D eigenvalue weighted by Crippen LogP contribution is 2.04. The molecule has 1 amide bonds. The van der Waals surface area contributed by atoms with E-state index in [0.29, 0.717) is 6.42 Å². The number of hydrogen-bond donors (Lipinski definition) is 3. The minimum absolute atomic E-state index is 0.176. The summed E-state index contributed by atoms with van der Waals surface area (Å²) in [5.41, 5.74) is 0. The Balaban J connectivity index is 3.98. The number of carboxylic acid groups (broad SMARTS) is 1. The standard InChI is InChI=1S/C11H22N2O3/c1-4-5-12-7-10(14)13-9(11(15)16)6-8(2)3/h8-9,12H,4-7H2,1-3H3,(H,13,14)(H,15,16)/t9-/m1/s1. The summed E-state index contributed by atoms with van der Waals surface area (Å²) < 4.78 is 0. The number of carbonyl (C=O) groups excluding carboxylic acids is 1. The second kappa shape index (κ2) is 8.10. The zero-order valence-corrected chi connectivity index (χ0v) is 10.2. The van der Waals surface area contributed by atoms with Crippen LogP contribution in [0.5, 0.6) is 0 Å². The molecule has 0 heterocycles. The van der Waals surface area contributed by atoms with E-state index < -0.39 is 12.0 Å². The Morgan fingerprint density at radius 3 is 2.38 bits per heavy atom. The SMILES string of the molecule is CCCNCC(=O)N[C@H](CC(C)C)C(=O)O. The van der Waals surface area contributed by atoms with Crippen LogP contribution in [0.3, 0.4) is 0 Å². The summed E-state index contributed by atoms with van der Waals surface area (Å²) in [6.45, 7) is 6.80. The molecule has 0 spiro atoms. The highest BCUT2D eigenvalue weighted by molar-refractivity contribution is 5.84. The number of nitrogens with one attached hydrogen (secondary N) is 2. The molecule has 5 heteroatoms. The van der Waals surface area contributed by atoms with Gasteiger partial charge in [-0.05, 0) is 25.3 Å². The first-order valence-electron chi connectivity index (χ1n) is 5.70. The van der Waals surface area contributed by atoms with Crippen molar-refractivity contribution in [2.75, 3.05) is 13.1 Å². The van der Waals surface area contributed by atoms with Gasteiger partial charge in [-0.1, -0.05) is 20.8 Å². The van der Waals surface area contributed by atoms with Crippen molar-refractivity contribution >= 4 is 11.9 Å². The molecule has 3 N–H and O–H groups in total. The Morgan fingerprint density at radius 1 is 1.31 bits per heavy atom. The van der Waals surface area contributed by atoms with Gasteiger partial charge >= 0.3 is 5.97 Å². The molecule has 0 fully saturated rings. The van der Waals surface area contributed by atoms with Crippen LogP contribution in [0, 0.1) is 5.92 Å². The highest BCUT2D eigenvalue weighted by atomic mass is 16.4. The number of amides is 1. The second-order valence-electron chi connectivity index (χ2n) is 4.26. The number of carboxylic acids is 1. The van der Waals surface area contributed by atoms with Crippen molar-refractivity contribution in [1.82, 2.24) is 10.6 Å². The van der Waals surface area contributed by atoms with Crippen LogP contribution in [0.15, 0.2) is 0 Å². The molecule has 0 aliphatic rings. The first kappa shape index (κ1) is 14.9. The molecule has 0 radical (unpaired) electrons. The van der Waals surface area contributed by atoms with Gasteiger partial charge in [-0.2, -0.15) is 0 Å². The summed E-state index contributed by atoms with van der Waals surface area (Å²) in [5.74, 6) is -0.996. The third-order valence-corrected chi connectivity index (χ3v) is 2.05. The van der Waals surface area contributed by atoms with Gasteiger partial charge in [0.1, 0.15) is 6.04 Å². The van der Waals surface area contributed by atoms with Gasteiger partial charge in [-0.25, -0.2) is 4.79 Å². The van der Waals surface area contributed by atoms with E-state index in [2.05, 4.69) is 10.6 Å². The molecule has 0 saturated carbocycles. The van der Waals surface area contributed by atoms with Crippen molar-refractivity contribution in [2.24, 2.45) is 5.92 Å². The summed E-state index contributed by atoms with van der Waals surface area (Å²) in [4.78, 5) is 22.2. The Morgan fingerprint density at radius 2 is 1.94 bits per heavy atom. The lowest BCUT2D eigenvalue weighted by molar-refractivity contribution is -0.142. The van der Waals surface area contributed by atoms with Crippen LogP contribution < -0.4 is 10.6 Å². The van der Waals surface area contributed by atoms with E-state index in [-0.39, 0.29) is 18.4 Å². The lowest BCUT2D eigenvalue weighted by atomic mass is 10.0. The summed E-state index contributed by atoms with van der Waals surface area (Å²) in [7, 11) is 0. The third-order valence-electron chi connectivity index (χ3n) is 2.05. The average molecular weight is 230 g/mol. The van der Waals surface area contributed by atoms with Crippen LogP contribution in [-0.2, 0) is 9.59 Å². The molecule has 0 aromatic rings. The van der Waals surface area contributed by atoms with Crippen LogP contribution in [0.4, 0.5) is 0 Å². The van der Waals surface area contributed by atoms with Crippen LogP contribution in [0.25, 0.3) is 0 Å². The maximum Gasteiger partial charge on any atom is 0.326 e. The van der Waals surface area contributed by atoms with Gasteiger partial charge in [-0.3, -0.25) is 4.79 Å². The predicted molar refractivity (Wildman–Crippen MR) is 62.2 cm³/mol. The molecular weight excluding hydrogens is 208 g/mol. The fourth-order valence-corrected chi connectivity index (χ4v) is 1.32. The monoisotopic (exact) mass is 230 g/mol. The van der Waals surface area contributed by atoms with E-state index >= 15 is 0 Å². The van der Waals surface area contributed by atoms with E-state index in [0.717, 1.165) is 13.0 Å². The summed E-state index contributed by atoms with van der Waals surface area (Å²) in [6, 6.07) is -0.782. The number of rotatable bonds is 8. The minimum Gasteiger partial charge on any atom is -0.480 e. The van der Waals surface area contributed by atoms with E-state index in [1.165, 1.54) is 0 Å². The quantitative estimate of drug-likeness (QED) is 0.534. The lowest BCUT2D eigenvalue weighted by Crippen LogP contribution is -2.45. The van der Waals surface area contributed by atoms with Gasteiger partial charge in [0.05, 0.1) is 6.54 Å². The van der Waals surface area contributed by atoms with Crippen molar-refractivity contribution in [3.05, 3.63) is 0 Å². The predicted octanol–water partition coefficient (Wildman–Crippen LogP) is 0.601. The average Bonchev–Trinajstić information content (AvgIpc) is 2.16. The van der Waals surface area contributed by atoms with Crippen LogP contribution >= 0.6 is 0 Å². The van der Waals surface area contributed by atoms with E-state index in [1.54, 1.807) is 0 Å². The summed E-state index contributed by atoms with van der Waals surface area (Å²) >= 11 is 0. The molecule has 0 aliphatic carbocycles. The molecule has 0 saturated heterocycles. The Hall–Kier alpha value is -1.10. The van der Waals surface area contributed by atoms with Gasteiger partial charge in [0, 0.05) is 0 Å².